The summed E-state index contributed by atoms with van der Waals surface area (Å²) in [6.07, 6.45) is 0.905. The lowest BCUT2D eigenvalue weighted by molar-refractivity contribution is 0.102. The molecule has 0 saturated carbocycles. The fourth-order valence-electron chi connectivity index (χ4n) is 2.22. The topological polar surface area (TPSA) is 73.6 Å². The van der Waals surface area contributed by atoms with E-state index in [9.17, 15) is 4.79 Å². The predicted molar refractivity (Wildman–Crippen MR) is 104 cm³/mol. The van der Waals surface area contributed by atoms with E-state index in [0.717, 1.165) is 12.0 Å². The van der Waals surface area contributed by atoms with E-state index in [0.29, 0.717) is 41.7 Å². The standard InChI is InChI=1S/C19H24N2O3.ClH/c1-4-10-24-17-9-7-14(11-18(17)23-5-2)19(22)21-16-12-15(20)8-6-13(16)3;/h6-9,11-12H,4-5,10,20H2,1-3H3,(H,21,22);1H. The first-order valence-corrected chi connectivity index (χ1v) is 8.12. The summed E-state index contributed by atoms with van der Waals surface area (Å²) in [5.41, 5.74) is 8.54. The van der Waals surface area contributed by atoms with Gasteiger partial charge in [0.1, 0.15) is 0 Å². The molecule has 6 heteroatoms. The monoisotopic (exact) mass is 364 g/mol. The van der Waals surface area contributed by atoms with E-state index in [4.69, 9.17) is 15.2 Å². The number of benzene rings is 2. The first-order valence-electron chi connectivity index (χ1n) is 8.12. The summed E-state index contributed by atoms with van der Waals surface area (Å²) in [6.45, 7) is 6.96. The Hall–Kier alpha value is -2.40. The lowest BCUT2D eigenvalue weighted by atomic mass is 10.1. The average Bonchev–Trinajstić information content (AvgIpc) is 2.57. The van der Waals surface area contributed by atoms with Crippen LogP contribution in [0.4, 0.5) is 11.4 Å². The molecule has 0 unspecified atom stereocenters. The molecule has 0 aliphatic carbocycles. The molecule has 2 rings (SSSR count). The molecule has 5 nitrogen and oxygen atoms in total. The maximum absolute atomic E-state index is 12.5. The molecule has 0 fully saturated rings. The van der Waals surface area contributed by atoms with E-state index in [-0.39, 0.29) is 18.3 Å². The molecule has 2 aromatic carbocycles. The first kappa shape index (κ1) is 20.6. The Morgan fingerprint density at radius 3 is 2.52 bits per heavy atom. The van der Waals surface area contributed by atoms with Crippen molar-refractivity contribution in [1.82, 2.24) is 0 Å². The van der Waals surface area contributed by atoms with Crippen LogP contribution in [-0.2, 0) is 0 Å². The molecule has 25 heavy (non-hydrogen) atoms. The van der Waals surface area contributed by atoms with E-state index in [1.165, 1.54) is 0 Å². The number of nitrogens with two attached hydrogens (primary N) is 1. The summed E-state index contributed by atoms with van der Waals surface area (Å²) in [7, 11) is 0. The first-order chi connectivity index (χ1) is 11.5. The molecule has 0 bridgehead atoms. The molecule has 0 aromatic heterocycles. The largest absolute Gasteiger partial charge is 0.490 e. The Morgan fingerprint density at radius 1 is 1.08 bits per heavy atom. The Bertz CT molecular complexity index is 720. The van der Waals surface area contributed by atoms with Gasteiger partial charge in [0.2, 0.25) is 0 Å². The van der Waals surface area contributed by atoms with Crippen molar-refractivity contribution in [3.8, 4) is 11.5 Å². The number of nitrogens with one attached hydrogen (secondary N) is 1. The van der Waals surface area contributed by atoms with Crippen LogP contribution in [0.5, 0.6) is 11.5 Å². The number of hydrogen-bond acceptors (Lipinski definition) is 4. The van der Waals surface area contributed by atoms with E-state index in [2.05, 4.69) is 5.32 Å². The summed E-state index contributed by atoms with van der Waals surface area (Å²) in [6, 6.07) is 10.6. The van der Waals surface area contributed by atoms with Gasteiger partial charge in [0.05, 0.1) is 13.2 Å². The number of hydrogen-bond donors (Lipinski definition) is 2. The van der Waals surface area contributed by atoms with Gasteiger partial charge in [0.15, 0.2) is 11.5 Å². The summed E-state index contributed by atoms with van der Waals surface area (Å²) in [5, 5.41) is 2.88. The fourth-order valence-corrected chi connectivity index (χ4v) is 2.22. The number of carbonyl (C=O) groups excluding carboxylic acids is 1. The van der Waals surface area contributed by atoms with Crippen molar-refractivity contribution in [2.24, 2.45) is 0 Å². The van der Waals surface area contributed by atoms with Gasteiger partial charge in [0, 0.05) is 16.9 Å². The van der Waals surface area contributed by atoms with Gasteiger partial charge < -0.3 is 20.5 Å². The second kappa shape index (κ2) is 9.79. The van der Waals surface area contributed by atoms with Gasteiger partial charge in [0.25, 0.3) is 5.91 Å². The number of ether oxygens (including phenoxy) is 2. The molecule has 0 aliphatic heterocycles. The summed E-state index contributed by atoms with van der Waals surface area (Å²) in [4.78, 5) is 12.5. The molecule has 1 amide bonds. The number of aryl methyl sites for hydroxylation is 1. The maximum atomic E-state index is 12.5. The smallest absolute Gasteiger partial charge is 0.255 e. The molecule has 136 valence electrons. The molecule has 2 aromatic rings. The highest BCUT2D eigenvalue weighted by atomic mass is 35.5. The van der Waals surface area contributed by atoms with Gasteiger partial charge in [-0.1, -0.05) is 13.0 Å². The normalized spacial score (nSPS) is 9.88. The van der Waals surface area contributed by atoms with Crippen LogP contribution in [0, 0.1) is 6.92 Å². The third-order valence-corrected chi connectivity index (χ3v) is 3.48. The minimum absolute atomic E-state index is 0. The zero-order chi connectivity index (χ0) is 17.5. The Morgan fingerprint density at radius 2 is 1.84 bits per heavy atom. The highest BCUT2D eigenvalue weighted by molar-refractivity contribution is 6.05. The third-order valence-electron chi connectivity index (χ3n) is 3.48. The molecule has 0 heterocycles. The molecule has 0 spiro atoms. The Labute approximate surface area is 154 Å². The third kappa shape index (κ3) is 5.57. The van der Waals surface area contributed by atoms with Gasteiger partial charge in [-0.3, -0.25) is 4.79 Å². The Balaban J connectivity index is 0.00000312. The van der Waals surface area contributed by atoms with Crippen LogP contribution in [0.2, 0.25) is 0 Å². The summed E-state index contributed by atoms with van der Waals surface area (Å²) in [5.74, 6) is 1.00. The van der Waals surface area contributed by atoms with Crippen LogP contribution in [0.15, 0.2) is 36.4 Å². The van der Waals surface area contributed by atoms with Crippen LogP contribution < -0.4 is 20.5 Å². The van der Waals surface area contributed by atoms with Crippen molar-refractivity contribution in [3.05, 3.63) is 47.5 Å². The zero-order valence-corrected chi connectivity index (χ0v) is 15.6. The summed E-state index contributed by atoms with van der Waals surface area (Å²) < 4.78 is 11.2. The molecular weight excluding hydrogens is 340 g/mol. The quantitative estimate of drug-likeness (QED) is 0.712. The van der Waals surface area contributed by atoms with Crippen LogP contribution in [0.25, 0.3) is 0 Å². The second-order valence-corrected chi connectivity index (χ2v) is 5.47. The van der Waals surface area contributed by atoms with Crippen molar-refractivity contribution in [2.75, 3.05) is 24.3 Å². The molecule has 0 aliphatic rings. The predicted octanol–water partition coefficient (Wildman–Crippen LogP) is 4.44. The minimum atomic E-state index is -0.216. The van der Waals surface area contributed by atoms with Crippen LogP contribution in [0.3, 0.4) is 0 Å². The second-order valence-electron chi connectivity index (χ2n) is 5.47. The Kier molecular flexibility index (Phi) is 8.08. The van der Waals surface area contributed by atoms with Gasteiger partial charge in [-0.15, -0.1) is 12.4 Å². The van der Waals surface area contributed by atoms with Crippen molar-refractivity contribution in [1.29, 1.82) is 0 Å². The number of carbonyl (C=O) groups is 1. The van der Waals surface area contributed by atoms with E-state index >= 15 is 0 Å². The number of rotatable bonds is 7. The summed E-state index contributed by atoms with van der Waals surface area (Å²) >= 11 is 0. The number of amides is 1. The van der Waals surface area contributed by atoms with E-state index in [1.807, 2.05) is 26.8 Å². The van der Waals surface area contributed by atoms with Gasteiger partial charge in [-0.25, -0.2) is 0 Å². The van der Waals surface area contributed by atoms with E-state index in [1.54, 1.807) is 30.3 Å². The molecule has 0 atom stereocenters. The molecular formula is C19H25ClN2O3. The maximum Gasteiger partial charge on any atom is 0.255 e. The van der Waals surface area contributed by atoms with Crippen molar-refractivity contribution in [2.45, 2.75) is 27.2 Å². The average molecular weight is 365 g/mol. The van der Waals surface area contributed by atoms with Crippen molar-refractivity contribution < 1.29 is 14.3 Å². The number of nitrogen functional groups attached to an aromatic ring is 1. The van der Waals surface area contributed by atoms with Gasteiger partial charge in [-0.05, 0) is 56.2 Å². The van der Waals surface area contributed by atoms with Gasteiger partial charge >= 0.3 is 0 Å². The number of anilines is 2. The molecule has 0 radical (unpaired) electrons. The fraction of sp³-hybridized carbons (Fsp3) is 0.316. The highest BCUT2D eigenvalue weighted by Crippen LogP contribution is 2.29. The minimum Gasteiger partial charge on any atom is -0.490 e. The zero-order valence-electron chi connectivity index (χ0n) is 14.8. The highest BCUT2D eigenvalue weighted by Gasteiger charge is 2.13. The molecule has 3 N–H and O–H groups in total. The number of halogens is 1. The lowest BCUT2D eigenvalue weighted by Gasteiger charge is -2.14. The molecule has 0 saturated heterocycles. The lowest BCUT2D eigenvalue weighted by Crippen LogP contribution is -2.13. The van der Waals surface area contributed by atoms with Crippen LogP contribution >= 0.6 is 12.4 Å². The van der Waals surface area contributed by atoms with Crippen molar-refractivity contribution in [3.63, 3.8) is 0 Å². The van der Waals surface area contributed by atoms with Gasteiger partial charge in [-0.2, -0.15) is 0 Å². The van der Waals surface area contributed by atoms with Crippen molar-refractivity contribution >= 4 is 29.7 Å². The van der Waals surface area contributed by atoms with Crippen LogP contribution in [0.1, 0.15) is 36.2 Å². The van der Waals surface area contributed by atoms with Crippen LogP contribution in [-0.4, -0.2) is 19.1 Å². The van der Waals surface area contributed by atoms with E-state index < -0.39 is 0 Å². The SMILES string of the molecule is CCCOc1ccc(C(=O)Nc2cc(N)ccc2C)cc1OCC.Cl.